The van der Waals surface area contributed by atoms with E-state index >= 15 is 0 Å². The average molecular weight is 481 g/mol. The Hall–Kier alpha value is -2.36. The van der Waals surface area contributed by atoms with Crippen LogP contribution in [0.3, 0.4) is 0 Å². The van der Waals surface area contributed by atoms with E-state index in [2.05, 4.69) is 47.8 Å². The minimum Gasteiger partial charge on any atom is -0.388 e. The number of benzene rings is 3. The van der Waals surface area contributed by atoms with Crippen LogP contribution in [-0.4, -0.2) is 69.2 Å². The minimum atomic E-state index is -0.889. The SMILES string of the molecule is COC[C@H]1OC(OCCc2ccccc2)[C@H](NCCN)C(OCc2ccc3ccccc3c2)[C@@H]1O. The third kappa shape index (κ3) is 6.86. The standard InChI is InChI=1S/C28H36N2O5/c1-32-19-24-26(31)27(34-18-21-11-12-22-9-5-6-10-23(22)17-21)25(30-15-14-29)28(35-24)33-16-13-20-7-3-2-4-8-20/h2-12,17,24-28,30-31H,13-16,18-19,29H2,1H3/t24-,25-,26-,27?,28?/m1/s1. The van der Waals surface area contributed by atoms with Crippen LogP contribution in [0.2, 0.25) is 0 Å². The van der Waals surface area contributed by atoms with Gasteiger partial charge in [-0.15, -0.1) is 0 Å². The molecule has 5 atom stereocenters. The van der Waals surface area contributed by atoms with E-state index in [1.165, 1.54) is 10.9 Å². The van der Waals surface area contributed by atoms with Crippen molar-refractivity contribution in [2.24, 2.45) is 5.73 Å². The number of methoxy groups -OCH3 is 1. The molecule has 1 fully saturated rings. The van der Waals surface area contributed by atoms with Crippen molar-refractivity contribution in [2.45, 2.75) is 43.7 Å². The Kier molecular flexibility index (Phi) is 9.62. The zero-order valence-corrected chi connectivity index (χ0v) is 20.2. The molecule has 3 aromatic carbocycles. The zero-order chi connectivity index (χ0) is 24.5. The first-order valence-corrected chi connectivity index (χ1v) is 12.2. The highest BCUT2D eigenvalue weighted by molar-refractivity contribution is 5.82. The summed E-state index contributed by atoms with van der Waals surface area (Å²) in [6.45, 7) is 2.05. The number of nitrogens with two attached hydrogens (primary N) is 1. The number of hydrogen-bond donors (Lipinski definition) is 3. The van der Waals surface area contributed by atoms with Gasteiger partial charge in [0.15, 0.2) is 6.29 Å². The van der Waals surface area contributed by atoms with Crippen LogP contribution in [0.1, 0.15) is 11.1 Å². The van der Waals surface area contributed by atoms with Gasteiger partial charge in [-0.25, -0.2) is 0 Å². The average Bonchev–Trinajstić information content (AvgIpc) is 2.89. The van der Waals surface area contributed by atoms with E-state index in [0.29, 0.717) is 26.3 Å². The maximum atomic E-state index is 11.1. The van der Waals surface area contributed by atoms with Crippen molar-refractivity contribution in [1.82, 2.24) is 5.32 Å². The van der Waals surface area contributed by atoms with Crippen LogP contribution in [0, 0.1) is 0 Å². The number of ether oxygens (including phenoxy) is 4. The molecule has 3 aromatic rings. The quantitative estimate of drug-likeness (QED) is 0.367. The molecule has 1 saturated heterocycles. The third-order valence-corrected chi connectivity index (χ3v) is 6.30. The lowest BCUT2D eigenvalue weighted by Crippen LogP contribution is -2.65. The molecule has 0 radical (unpaired) electrons. The highest BCUT2D eigenvalue weighted by Gasteiger charge is 2.46. The van der Waals surface area contributed by atoms with E-state index in [1.807, 2.05) is 30.3 Å². The predicted molar refractivity (Wildman–Crippen MR) is 136 cm³/mol. The highest BCUT2D eigenvalue weighted by Crippen LogP contribution is 2.26. The van der Waals surface area contributed by atoms with Gasteiger partial charge >= 0.3 is 0 Å². The fourth-order valence-corrected chi connectivity index (χ4v) is 4.48. The van der Waals surface area contributed by atoms with Crippen LogP contribution in [0.25, 0.3) is 10.8 Å². The Labute approximate surface area is 207 Å². The molecule has 0 bridgehead atoms. The fourth-order valence-electron chi connectivity index (χ4n) is 4.48. The van der Waals surface area contributed by atoms with Gasteiger partial charge in [0.25, 0.3) is 0 Å². The van der Waals surface area contributed by atoms with Gasteiger partial charge in [0.2, 0.25) is 0 Å². The Morgan fingerprint density at radius 1 is 0.943 bits per heavy atom. The van der Waals surface area contributed by atoms with Gasteiger partial charge in [0, 0.05) is 20.2 Å². The summed E-state index contributed by atoms with van der Waals surface area (Å²) in [6, 6.07) is 24.2. The molecular formula is C28H36N2O5. The lowest BCUT2D eigenvalue weighted by atomic mass is 9.96. The third-order valence-electron chi connectivity index (χ3n) is 6.30. The topological polar surface area (TPSA) is 95.2 Å². The summed E-state index contributed by atoms with van der Waals surface area (Å²) < 4.78 is 24.0. The van der Waals surface area contributed by atoms with Crippen molar-refractivity contribution in [3.8, 4) is 0 Å². The first kappa shape index (κ1) is 25.7. The molecule has 0 saturated carbocycles. The van der Waals surface area contributed by atoms with Gasteiger partial charge in [0.05, 0.1) is 25.9 Å². The summed E-state index contributed by atoms with van der Waals surface area (Å²) in [5.41, 5.74) is 7.99. The zero-order valence-electron chi connectivity index (χ0n) is 20.2. The van der Waals surface area contributed by atoms with Crippen molar-refractivity contribution < 1.29 is 24.1 Å². The molecule has 0 amide bonds. The van der Waals surface area contributed by atoms with E-state index in [9.17, 15) is 5.11 Å². The van der Waals surface area contributed by atoms with Gasteiger partial charge in [-0.05, 0) is 34.4 Å². The van der Waals surface area contributed by atoms with E-state index < -0.39 is 30.6 Å². The number of hydrogen-bond acceptors (Lipinski definition) is 7. The molecule has 4 N–H and O–H groups in total. The van der Waals surface area contributed by atoms with Crippen LogP contribution in [-0.2, 0) is 32.0 Å². The van der Waals surface area contributed by atoms with Crippen LogP contribution in [0.5, 0.6) is 0 Å². The highest BCUT2D eigenvalue weighted by atomic mass is 16.7. The molecule has 0 aromatic heterocycles. The number of nitrogens with one attached hydrogen (secondary N) is 1. The second-order valence-corrected chi connectivity index (χ2v) is 8.82. The Balaban J connectivity index is 1.48. The molecule has 4 rings (SSSR count). The van der Waals surface area contributed by atoms with Crippen molar-refractivity contribution >= 4 is 10.8 Å². The van der Waals surface area contributed by atoms with Crippen molar-refractivity contribution in [3.63, 3.8) is 0 Å². The molecule has 1 aliphatic heterocycles. The van der Waals surface area contributed by atoms with E-state index in [1.54, 1.807) is 7.11 Å². The summed E-state index contributed by atoms with van der Waals surface area (Å²) in [6.07, 6.45) is -1.89. The molecule has 7 nitrogen and oxygen atoms in total. The summed E-state index contributed by atoms with van der Waals surface area (Å²) in [5.74, 6) is 0. The van der Waals surface area contributed by atoms with Gasteiger partial charge < -0.3 is 35.1 Å². The maximum absolute atomic E-state index is 11.1. The van der Waals surface area contributed by atoms with Crippen LogP contribution < -0.4 is 11.1 Å². The molecule has 1 aliphatic rings. The lowest BCUT2D eigenvalue weighted by Gasteiger charge is -2.44. The van der Waals surface area contributed by atoms with Crippen LogP contribution in [0.15, 0.2) is 72.8 Å². The predicted octanol–water partition coefficient (Wildman–Crippen LogP) is 2.63. The largest absolute Gasteiger partial charge is 0.388 e. The molecule has 1 heterocycles. The molecule has 188 valence electrons. The normalized spacial score (nSPS) is 24.6. The van der Waals surface area contributed by atoms with E-state index in [0.717, 1.165) is 17.4 Å². The molecule has 35 heavy (non-hydrogen) atoms. The lowest BCUT2D eigenvalue weighted by molar-refractivity contribution is -0.280. The Morgan fingerprint density at radius 2 is 1.71 bits per heavy atom. The van der Waals surface area contributed by atoms with Crippen molar-refractivity contribution in [1.29, 1.82) is 0 Å². The minimum absolute atomic E-state index is 0.235. The van der Waals surface area contributed by atoms with E-state index in [4.69, 9.17) is 24.7 Å². The summed E-state index contributed by atoms with van der Waals surface area (Å²) in [5, 5.41) is 16.9. The van der Waals surface area contributed by atoms with Crippen molar-refractivity contribution in [2.75, 3.05) is 33.4 Å². The number of aliphatic hydroxyl groups excluding tert-OH is 1. The second-order valence-electron chi connectivity index (χ2n) is 8.82. The Morgan fingerprint density at radius 3 is 2.49 bits per heavy atom. The molecule has 2 unspecified atom stereocenters. The fraction of sp³-hybridized carbons (Fsp3) is 0.429. The molecule has 7 heteroatoms. The second kappa shape index (κ2) is 13.1. The van der Waals surface area contributed by atoms with Gasteiger partial charge in [0.1, 0.15) is 18.3 Å². The summed E-state index contributed by atoms with van der Waals surface area (Å²) in [7, 11) is 1.59. The number of rotatable bonds is 12. The van der Waals surface area contributed by atoms with Crippen LogP contribution >= 0.6 is 0 Å². The van der Waals surface area contributed by atoms with Crippen LogP contribution in [0.4, 0.5) is 0 Å². The number of fused-ring (bicyclic) bond motifs is 1. The summed E-state index contributed by atoms with van der Waals surface area (Å²) in [4.78, 5) is 0. The van der Waals surface area contributed by atoms with Gasteiger partial charge in [-0.1, -0.05) is 66.7 Å². The first-order chi connectivity index (χ1) is 17.2. The van der Waals surface area contributed by atoms with E-state index in [-0.39, 0.29) is 6.61 Å². The smallest absolute Gasteiger partial charge is 0.175 e. The number of aliphatic hydroxyl groups is 1. The Bertz CT molecular complexity index is 1030. The van der Waals surface area contributed by atoms with Crippen molar-refractivity contribution in [3.05, 3.63) is 83.9 Å². The molecule has 0 spiro atoms. The summed E-state index contributed by atoms with van der Waals surface area (Å²) >= 11 is 0. The maximum Gasteiger partial charge on any atom is 0.175 e. The monoisotopic (exact) mass is 480 g/mol. The van der Waals surface area contributed by atoms with Gasteiger partial charge in [-0.2, -0.15) is 0 Å². The molecular weight excluding hydrogens is 444 g/mol. The van der Waals surface area contributed by atoms with Gasteiger partial charge in [-0.3, -0.25) is 0 Å². The first-order valence-electron chi connectivity index (χ1n) is 12.2. The molecule has 0 aliphatic carbocycles.